The third-order valence-electron chi connectivity index (χ3n) is 2.39. The van der Waals surface area contributed by atoms with Crippen molar-refractivity contribution in [1.29, 1.82) is 0 Å². The van der Waals surface area contributed by atoms with Gasteiger partial charge in [-0.1, -0.05) is 11.6 Å². The molecule has 0 radical (unpaired) electrons. The molecule has 0 aromatic heterocycles. The van der Waals surface area contributed by atoms with Crippen molar-refractivity contribution in [2.45, 2.75) is 43.4 Å². The van der Waals surface area contributed by atoms with Crippen LogP contribution < -0.4 is 11.1 Å². The van der Waals surface area contributed by atoms with Crippen molar-refractivity contribution in [2.75, 3.05) is 5.73 Å². The van der Waals surface area contributed by atoms with Gasteiger partial charge < -0.3 is 11.1 Å². The van der Waals surface area contributed by atoms with Gasteiger partial charge in [-0.15, -0.1) is 0 Å². The van der Waals surface area contributed by atoms with Crippen LogP contribution >= 0.6 is 11.6 Å². The minimum absolute atomic E-state index is 0.251. The highest BCUT2D eigenvalue weighted by atomic mass is 35.5. The van der Waals surface area contributed by atoms with Crippen LogP contribution in [0.1, 0.15) is 27.7 Å². The quantitative estimate of drug-likeness (QED) is 0.842. The fraction of sp³-hybridized carbons (Fsp3) is 0.462. The predicted octanol–water partition coefficient (Wildman–Crippen LogP) is 2.33. The Morgan fingerprint density at radius 3 is 2.47 bits per heavy atom. The predicted molar refractivity (Wildman–Crippen MR) is 79.6 cm³/mol. The molecule has 3 N–H and O–H groups in total. The Morgan fingerprint density at radius 2 is 2.00 bits per heavy atom. The number of amides is 1. The summed E-state index contributed by atoms with van der Waals surface area (Å²) in [5, 5.41) is 2.49. The lowest BCUT2D eigenvalue weighted by molar-refractivity contribution is -0.121. The van der Waals surface area contributed by atoms with Crippen LogP contribution in [-0.4, -0.2) is 20.9 Å². The number of halogens is 1. The third-order valence-corrected chi connectivity index (χ3v) is 4.29. The van der Waals surface area contributed by atoms with Crippen molar-refractivity contribution in [3.63, 3.8) is 0 Å². The van der Waals surface area contributed by atoms with Gasteiger partial charge in [0.15, 0.2) is 0 Å². The minimum Gasteiger partial charge on any atom is -0.398 e. The lowest BCUT2D eigenvalue weighted by atomic mass is 10.1. The molecule has 106 valence electrons. The molecular formula is C13H19ClN2O2S. The molecule has 1 aromatic rings. The topological polar surface area (TPSA) is 72.2 Å². The van der Waals surface area contributed by atoms with E-state index in [0.717, 1.165) is 0 Å². The summed E-state index contributed by atoms with van der Waals surface area (Å²) in [6.07, 6.45) is 0. The standard InChI is InChI=1S/C13H19ClN2O2S/c1-8(12(17)16-13(2,3)4)19(18)9-5-6-11(15)10(14)7-9/h5-8H,15H2,1-4H3,(H,16,17). The molecule has 0 heterocycles. The van der Waals surface area contributed by atoms with E-state index in [1.165, 1.54) is 6.07 Å². The first kappa shape index (κ1) is 16.0. The highest BCUT2D eigenvalue weighted by Crippen LogP contribution is 2.23. The Kier molecular flexibility index (Phi) is 4.98. The van der Waals surface area contributed by atoms with Crippen molar-refractivity contribution >= 4 is 34.0 Å². The molecule has 0 saturated carbocycles. The van der Waals surface area contributed by atoms with Crippen molar-refractivity contribution < 1.29 is 9.00 Å². The van der Waals surface area contributed by atoms with E-state index in [9.17, 15) is 9.00 Å². The van der Waals surface area contributed by atoms with Crippen molar-refractivity contribution in [3.05, 3.63) is 23.2 Å². The third kappa shape index (κ3) is 4.51. The molecule has 4 nitrogen and oxygen atoms in total. The van der Waals surface area contributed by atoms with Gasteiger partial charge in [0.25, 0.3) is 0 Å². The molecule has 0 spiro atoms. The minimum atomic E-state index is -1.46. The van der Waals surface area contributed by atoms with Crippen LogP contribution in [-0.2, 0) is 15.6 Å². The van der Waals surface area contributed by atoms with Gasteiger partial charge in [0.2, 0.25) is 5.91 Å². The maximum Gasteiger partial charge on any atom is 0.236 e. The maximum absolute atomic E-state index is 12.3. The first-order chi connectivity index (χ1) is 8.61. The molecule has 19 heavy (non-hydrogen) atoms. The Balaban J connectivity index is 2.87. The Labute approximate surface area is 121 Å². The number of carbonyl (C=O) groups excluding carboxylic acids is 1. The van der Waals surface area contributed by atoms with Crippen LogP contribution in [0.3, 0.4) is 0 Å². The van der Waals surface area contributed by atoms with Gasteiger partial charge in [-0.05, 0) is 45.9 Å². The molecule has 6 heteroatoms. The molecule has 0 aliphatic carbocycles. The normalized spacial score (nSPS) is 14.8. The molecule has 0 fully saturated rings. The Bertz CT molecular complexity index is 512. The Hall–Kier alpha value is -1.07. The summed E-state index contributed by atoms with van der Waals surface area (Å²) in [5.41, 5.74) is 5.67. The van der Waals surface area contributed by atoms with Gasteiger partial charge in [-0.3, -0.25) is 9.00 Å². The highest BCUT2D eigenvalue weighted by Gasteiger charge is 2.25. The molecule has 0 aliphatic rings. The van der Waals surface area contributed by atoms with Gasteiger partial charge in [-0.2, -0.15) is 0 Å². The first-order valence-electron chi connectivity index (χ1n) is 5.89. The largest absolute Gasteiger partial charge is 0.398 e. The van der Waals surface area contributed by atoms with Crippen LogP contribution in [0, 0.1) is 0 Å². The molecule has 0 bridgehead atoms. The number of benzene rings is 1. The van der Waals surface area contributed by atoms with Gasteiger partial charge in [0, 0.05) is 10.4 Å². The maximum atomic E-state index is 12.3. The van der Waals surface area contributed by atoms with Crippen molar-refractivity contribution in [2.24, 2.45) is 0 Å². The number of nitrogens with one attached hydrogen (secondary N) is 1. The van der Waals surface area contributed by atoms with Gasteiger partial charge in [0.1, 0.15) is 5.25 Å². The first-order valence-corrected chi connectivity index (χ1v) is 7.48. The lowest BCUT2D eigenvalue weighted by Crippen LogP contribution is -2.46. The smallest absolute Gasteiger partial charge is 0.236 e. The van der Waals surface area contributed by atoms with Gasteiger partial charge in [0.05, 0.1) is 21.5 Å². The van der Waals surface area contributed by atoms with E-state index >= 15 is 0 Å². The molecule has 1 rings (SSSR count). The molecule has 1 amide bonds. The van der Waals surface area contributed by atoms with Crippen molar-refractivity contribution in [3.8, 4) is 0 Å². The zero-order chi connectivity index (χ0) is 14.8. The van der Waals surface area contributed by atoms with Crippen LogP contribution in [0.2, 0.25) is 5.02 Å². The second-order valence-electron chi connectivity index (χ2n) is 5.36. The number of nitrogen functional groups attached to an aromatic ring is 1. The summed E-state index contributed by atoms with van der Waals surface area (Å²) in [6.45, 7) is 7.25. The average molecular weight is 303 g/mol. The molecular weight excluding hydrogens is 284 g/mol. The van der Waals surface area contributed by atoms with E-state index in [-0.39, 0.29) is 11.4 Å². The zero-order valence-corrected chi connectivity index (χ0v) is 13.1. The summed E-state index contributed by atoms with van der Waals surface area (Å²) >= 11 is 5.89. The molecule has 2 unspecified atom stereocenters. The fourth-order valence-corrected chi connectivity index (χ4v) is 2.75. The number of hydrogen-bond acceptors (Lipinski definition) is 3. The number of nitrogens with two attached hydrogens (primary N) is 1. The molecule has 0 saturated heterocycles. The second kappa shape index (κ2) is 5.92. The van der Waals surface area contributed by atoms with Crippen LogP contribution in [0.25, 0.3) is 0 Å². The number of anilines is 1. The van der Waals surface area contributed by atoms with E-state index in [1.54, 1.807) is 19.1 Å². The van der Waals surface area contributed by atoms with E-state index in [1.807, 2.05) is 20.8 Å². The summed E-state index contributed by atoms with van der Waals surface area (Å²) < 4.78 is 12.3. The molecule has 1 aromatic carbocycles. The van der Waals surface area contributed by atoms with E-state index in [2.05, 4.69) is 5.32 Å². The number of hydrogen-bond donors (Lipinski definition) is 2. The van der Waals surface area contributed by atoms with E-state index < -0.39 is 16.0 Å². The lowest BCUT2D eigenvalue weighted by Gasteiger charge is -2.23. The summed E-state index contributed by atoms with van der Waals surface area (Å²) in [5.74, 6) is -0.251. The van der Waals surface area contributed by atoms with E-state index in [4.69, 9.17) is 17.3 Å². The zero-order valence-electron chi connectivity index (χ0n) is 11.5. The SMILES string of the molecule is CC(C(=O)NC(C)(C)C)S(=O)c1ccc(N)c(Cl)c1. The van der Waals surface area contributed by atoms with Crippen LogP contribution in [0.5, 0.6) is 0 Å². The van der Waals surface area contributed by atoms with Crippen LogP contribution in [0.4, 0.5) is 5.69 Å². The summed E-state index contributed by atoms with van der Waals surface area (Å²) in [4.78, 5) is 12.5. The highest BCUT2D eigenvalue weighted by molar-refractivity contribution is 7.86. The van der Waals surface area contributed by atoms with Crippen LogP contribution in [0.15, 0.2) is 23.1 Å². The summed E-state index contributed by atoms with van der Waals surface area (Å²) in [7, 11) is -1.46. The average Bonchev–Trinajstić information content (AvgIpc) is 2.28. The molecule has 0 aliphatic heterocycles. The fourth-order valence-electron chi connectivity index (χ4n) is 1.41. The summed E-state index contributed by atoms with van der Waals surface area (Å²) in [6, 6.07) is 4.75. The number of carbonyl (C=O) groups is 1. The van der Waals surface area contributed by atoms with Gasteiger partial charge in [-0.25, -0.2) is 0 Å². The van der Waals surface area contributed by atoms with Crippen molar-refractivity contribution in [1.82, 2.24) is 5.32 Å². The molecule has 2 atom stereocenters. The van der Waals surface area contributed by atoms with E-state index in [0.29, 0.717) is 15.6 Å². The number of rotatable bonds is 3. The van der Waals surface area contributed by atoms with Gasteiger partial charge >= 0.3 is 0 Å². The monoisotopic (exact) mass is 302 g/mol. The Morgan fingerprint density at radius 1 is 1.42 bits per heavy atom. The second-order valence-corrected chi connectivity index (χ2v) is 7.54.